The Balaban J connectivity index is 2.94. The van der Waals surface area contributed by atoms with Crippen molar-refractivity contribution in [3.63, 3.8) is 0 Å². The molecule has 0 saturated carbocycles. The van der Waals surface area contributed by atoms with Crippen LogP contribution in [-0.4, -0.2) is 14.2 Å². The lowest BCUT2D eigenvalue weighted by atomic mass is 10.2. The van der Waals surface area contributed by atoms with Gasteiger partial charge in [0, 0.05) is 5.69 Å². The minimum atomic E-state index is -3.26. The number of nitriles is 1. The molecule has 0 heterocycles. The highest BCUT2D eigenvalue weighted by Gasteiger charge is 2.06. The number of benzene rings is 1. The Kier molecular flexibility index (Phi) is 3.10. The first-order chi connectivity index (χ1) is 6.57. The molecule has 0 aliphatic rings. The molecular weight excluding hydrogens is 200 g/mol. The third kappa shape index (κ3) is 2.75. The number of nitrogens with zero attached hydrogens (tertiary/aromatic N) is 1. The molecule has 0 atom stereocenters. The highest BCUT2D eigenvalue weighted by atomic mass is 32.2. The number of hydrogen-bond acceptors (Lipinski definition) is 3. The van der Waals surface area contributed by atoms with Crippen molar-refractivity contribution < 1.29 is 8.42 Å². The number of rotatable bonds is 3. The van der Waals surface area contributed by atoms with Gasteiger partial charge in [0.15, 0.2) is 0 Å². The molecule has 0 amide bonds. The van der Waals surface area contributed by atoms with Gasteiger partial charge in [-0.1, -0.05) is 6.07 Å². The van der Waals surface area contributed by atoms with E-state index in [4.69, 9.17) is 5.26 Å². The average molecular weight is 210 g/mol. The highest BCUT2D eigenvalue weighted by Crippen LogP contribution is 2.11. The van der Waals surface area contributed by atoms with Crippen LogP contribution in [0.3, 0.4) is 0 Å². The SMILES string of the molecule is CCS(=O)(=O)Nc1cccc(C#N)c1. The molecule has 1 N–H and O–H groups in total. The molecule has 0 saturated heterocycles. The first-order valence-corrected chi connectivity index (χ1v) is 5.73. The molecule has 1 aromatic rings. The zero-order valence-corrected chi connectivity index (χ0v) is 8.50. The summed E-state index contributed by atoms with van der Waals surface area (Å²) in [6, 6.07) is 8.28. The first-order valence-electron chi connectivity index (χ1n) is 4.08. The minimum Gasteiger partial charge on any atom is -0.284 e. The lowest BCUT2D eigenvalue weighted by molar-refractivity contribution is 0.602. The molecule has 5 heteroatoms. The van der Waals surface area contributed by atoms with Gasteiger partial charge >= 0.3 is 0 Å². The lowest BCUT2D eigenvalue weighted by Crippen LogP contribution is -2.14. The van der Waals surface area contributed by atoms with Crippen molar-refractivity contribution in [1.82, 2.24) is 0 Å². The van der Waals surface area contributed by atoms with Gasteiger partial charge in [-0.3, -0.25) is 4.72 Å². The van der Waals surface area contributed by atoms with E-state index in [0.29, 0.717) is 11.3 Å². The van der Waals surface area contributed by atoms with Crippen LogP contribution < -0.4 is 4.72 Å². The fourth-order valence-electron chi connectivity index (χ4n) is 0.904. The van der Waals surface area contributed by atoms with Crippen LogP contribution in [0, 0.1) is 11.3 Å². The van der Waals surface area contributed by atoms with Gasteiger partial charge in [-0.25, -0.2) is 8.42 Å². The van der Waals surface area contributed by atoms with Crippen LogP contribution in [0.5, 0.6) is 0 Å². The van der Waals surface area contributed by atoms with Gasteiger partial charge in [-0.15, -0.1) is 0 Å². The Hall–Kier alpha value is -1.54. The third-order valence-electron chi connectivity index (χ3n) is 1.65. The summed E-state index contributed by atoms with van der Waals surface area (Å²) in [5.41, 5.74) is 0.854. The predicted octanol–water partition coefficient (Wildman–Crippen LogP) is 1.32. The van der Waals surface area contributed by atoms with Crippen LogP contribution in [0.15, 0.2) is 24.3 Å². The van der Waals surface area contributed by atoms with E-state index in [2.05, 4.69) is 4.72 Å². The van der Waals surface area contributed by atoms with E-state index in [0.717, 1.165) is 0 Å². The van der Waals surface area contributed by atoms with Crippen LogP contribution >= 0.6 is 0 Å². The fourth-order valence-corrected chi connectivity index (χ4v) is 1.53. The summed E-state index contributed by atoms with van der Waals surface area (Å²) in [5, 5.41) is 8.59. The summed E-state index contributed by atoms with van der Waals surface area (Å²) in [6.45, 7) is 1.55. The number of hydrogen-bond donors (Lipinski definition) is 1. The molecule has 1 aromatic carbocycles. The Labute approximate surface area is 83.2 Å². The second-order valence-electron chi connectivity index (χ2n) is 2.70. The van der Waals surface area contributed by atoms with Gasteiger partial charge in [-0.05, 0) is 25.1 Å². The molecule has 0 bridgehead atoms. The summed E-state index contributed by atoms with van der Waals surface area (Å²) >= 11 is 0. The van der Waals surface area contributed by atoms with Gasteiger partial charge < -0.3 is 0 Å². The second-order valence-corrected chi connectivity index (χ2v) is 4.71. The maximum atomic E-state index is 11.2. The largest absolute Gasteiger partial charge is 0.284 e. The summed E-state index contributed by atoms with van der Waals surface area (Å²) in [7, 11) is -3.26. The predicted molar refractivity (Wildman–Crippen MR) is 54.2 cm³/mol. The molecular formula is C9H10N2O2S. The lowest BCUT2D eigenvalue weighted by Gasteiger charge is -2.05. The maximum absolute atomic E-state index is 11.2. The third-order valence-corrected chi connectivity index (χ3v) is 2.95. The zero-order chi connectivity index (χ0) is 10.6. The highest BCUT2D eigenvalue weighted by molar-refractivity contribution is 7.92. The van der Waals surface area contributed by atoms with Crippen LogP contribution in [0.2, 0.25) is 0 Å². The monoisotopic (exact) mass is 210 g/mol. The van der Waals surface area contributed by atoms with E-state index in [1.54, 1.807) is 25.1 Å². The smallest absolute Gasteiger partial charge is 0.232 e. The Morgan fingerprint density at radius 1 is 1.50 bits per heavy atom. The van der Waals surface area contributed by atoms with Gasteiger partial charge in [0.1, 0.15) is 0 Å². The van der Waals surface area contributed by atoms with E-state index in [1.807, 2.05) is 6.07 Å². The molecule has 0 spiro atoms. The standard InChI is InChI=1S/C9H10N2O2S/c1-2-14(12,13)11-9-5-3-4-8(6-9)7-10/h3-6,11H,2H2,1H3. The van der Waals surface area contributed by atoms with Crippen molar-refractivity contribution in [2.45, 2.75) is 6.92 Å². The van der Waals surface area contributed by atoms with Gasteiger partial charge in [0.2, 0.25) is 10.0 Å². The Bertz CT molecular complexity index is 460. The fraction of sp³-hybridized carbons (Fsp3) is 0.222. The number of sulfonamides is 1. The summed E-state index contributed by atoms with van der Waals surface area (Å²) in [5.74, 6) is 0.0176. The molecule has 0 unspecified atom stereocenters. The van der Waals surface area contributed by atoms with Crippen molar-refractivity contribution in [2.75, 3.05) is 10.5 Å². The van der Waals surface area contributed by atoms with Crippen molar-refractivity contribution in [3.05, 3.63) is 29.8 Å². The van der Waals surface area contributed by atoms with Crippen LogP contribution in [0.25, 0.3) is 0 Å². The van der Waals surface area contributed by atoms with Gasteiger partial charge in [0.05, 0.1) is 17.4 Å². The Morgan fingerprint density at radius 3 is 2.79 bits per heavy atom. The summed E-state index contributed by atoms with van der Waals surface area (Å²) in [6.07, 6.45) is 0. The molecule has 0 radical (unpaired) electrons. The van der Waals surface area contributed by atoms with E-state index in [-0.39, 0.29) is 5.75 Å². The first kappa shape index (κ1) is 10.5. The summed E-state index contributed by atoms with van der Waals surface area (Å²) in [4.78, 5) is 0. The van der Waals surface area contributed by atoms with Crippen molar-refractivity contribution in [1.29, 1.82) is 5.26 Å². The number of nitrogens with one attached hydrogen (secondary N) is 1. The van der Waals surface area contributed by atoms with Gasteiger partial charge in [-0.2, -0.15) is 5.26 Å². The normalized spacial score (nSPS) is 10.6. The minimum absolute atomic E-state index is 0.0176. The van der Waals surface area contributed by atoms with E-state index in [1.165, 1.54) is 6.07 Å². The molecule has 0 aromatic heterocycles. The maximum Gasteiger partial charge on any atom is 0.232 e. The Morgan fingerprint density at radius 2 is 2.21 bits per heavy atom. The van der Waals surface area contributed by atoms with E-state index in [9.17, 15) is 8.42 Å². The van der Waals surface area contributed by atoms with Crippen LogP contribution in [-0.2, 0) is 10.0 Å². The topological polar surface area (TPSA) is 70.0 Å². The van der Waals surface area contributed by atoms with Crippen LogP contribution in [0.1, 0.15) is 12.5 Å². The second kappa shape index (κ2) is 4.11. The van der Waals surface area contributed by atoms with Crippen molar-refractivity contribution >= 4 is 15.7 Å². The van der Waals surface area contributed by atoms with Crippen molar-refractivity contribution in [3.8, 4) is 6.07 Å². The molecule has 0 aliphatic carbocycles. The molecule has 0 aliphatic heterocycles. The van der Waals surface area contributed by atoms with E-state index >= 15 is 0 Å². The molecule has 74 valence electrons. The molecule has 14 heavy (non-hydrogen) atoms. The summed E-state index contributed by atoms with van der Waals surface area (Å²) < 4.78 is 24.7. The molecule has 0 fully saturated rings. The number of anilines is 1. The van der Waals surface area contributed by atoms with Crippen molar-refractivity contribution in [2.24, 2.45) is 0 Å². The zero-order valence-electron chi connectivity index (χ0n) is 7.69. The van der Waals surface area contributed by atoms with E-state index < -0.39 is 10.0 Å². The quantitative estimate of drug-likeness (QED) is 0.817. The molecule has 4 nitrogen and oxygen atoms in total. The van der Waals surface area contributed by atoms with Gasteiger partial charge in [0.25, 0.3) is 0 Å². The molecule has 1 rings (SSSR count). The average Bonchev–Trinajstić information content (AvgIpc) is 2.17. The van der Waals surface area contributed by atoms with Crippen LogP contribution in [0.4, 0.5) is 5.69 Å².